The van der Waals surface area contributed by atoms with Gasteiger partial charge in [-0.05, 0) is 24.6 Å². The number of aliphatic hydroxyl groups is 1. The van der Waals surface area contributed by atoms with E-state index in [2.05, 4.69) is 10.3 Å². The average molecular weight is 319 g/mol. The molecular formula is C16H18FN3O3. The molecule has 1 aromatic carbocycles. The van der Waals surface area contributed by atoms with Gasteiger partial charge in [0.2, 0.25) is 5.56 Å². The van der Waals surface area contributed by atoms with Crippen LogP contribution < -0.4 is 10.9 Å². The minimum absolute atomic E-state index is 0.0441. The van der Waals surface area contributed by atoms with Gasteiger partial charge in [0, 0.05) is 42.6 Å². The Hall–Kier alpha value is -2.25. The molecule has 1 amide bonds. The predicted octanol–water partition coefficient (Wildman–Crippen LogP) is 0.464. The minimum atomic E-state index is -0.456. The molecule has 1 saturated heterocycles. The van der Waals surface area contributed by atoms with Crippen molar-refractivity contribution in [3.05, 3.63) is 46.0 Å². The second-order valence-corrected chi connectivity index (χ2v) is 5.65. The van der Waals surface area contributed by atoms with Crippen LogP contribution in [0.2, 0.25) is 0 Å². The molecule has 122 valence electrons. The number of nitrogens with one attached hydrogen (secondary N) is 2. The molecule has 1 aliphatic rings. The van der Waals surface area contributed by atoms with Crippen LogP contribution in [0.4, 0.5) is 4.39 Å². The summed E-state index contributed by atoms with van der Waals surface area (Å²) < 4.78 is 13.5. The number of aliphatic hydroxyl groups excluding tert-OH is 1. The number of hydrogen-bond acceptors (Lipinski definition) is 4. The summed E-state index contributed by atoms with van der Waals surface area (Å²) in [4.78, 5) is 28.7. The molecule has 0 saturated carbocycles. The van der Waals surface area contributed by atoms with Gasteiger partial charge in [-0.25, -0.2) is 4.39 Å². The Bertz CT molecular complexity index is 790. The van der Waals surface area contributed by atoms with Crippen LogP contribution in [0.25, 0.3) is 10.9 Å². The molecule has 3 N–H and O–H groups in total. The number of carbonyl (C=O) groups is 1. The van der Waals surface area contributed by atoms with Crippen molar-refractivity contribution in [3.8, 4) is 0 Å². The van der Waals surface area contributed by atoms with Crippen molar-refractivity contribution in [2.24, 2.45) is 0 Å². The largest absolute Gasteiger partial charge is 0.395 e. The van der Waals surface area contributed by atoms with E-state index >= 15 is 0 Å². The third kappa shape index (κ3) is 3.25. The molecule has 2 aromatic rings. The van der Waals surface area contributed by atoms with Crippen molar-refractivity contribution in [1.82, 2.24) is 15.2 Å². The summed E-state index contributed by atoms with van der Waals surface area (Å²) in [5.41, 5.74) is 0.268. The molecule has 2 heterocycles. The monoisotopic (exact) mass is 319 g/mol. The van der Waals surface area contributed by atoms with Crippen LogP contribution in [-0.4, -0.2) is 53.2 Å². The normalized spacial score (nSPS) is 17.8. The lowest BCUT2D eigenvalue weighted by Crippen LogP contribution is -2.36. The van der Waals surface area contributed by atoms with Gasteiger partial charge >= 0.3 is 0 Å². The lowest BCUT2D eigenvalue weighted by molar-refractivity contribution is 0.0791. The molecule has 6 nitrogen and oxygen atoms in total. The molecule has 1 aliphatic heterocycles. The molecule has 1 fully saturated rings. The molecule has 1 atom stereocenters. The van der Waals surface area contributed by atoms with E-state index in [0.29, 0.717) is 30.5 Å². The zero-order valence-electron chi connectivity index (χ0n) is 12.5. The number of likely N-dealkylation sites (tertiary alicyclic amines) is 1. The zero-order valence-corrected chi connectivity index (χ0v) is 12.5. The summed E-state index contributed by atoms with van der Waals surface area (Å²) in [6.07, 6.45) is 0.779. The lowest BCUT2D eigenvalue weighted by Gasteiger charge is -2.18. The Morgan fingerprint density at radius 1 is 1.43 bits per heavy atom. The standard InChI is InChI=1S/C16H18FN3O3/c17-10-1-2-14-12(7-10)13(8-15(22)19-14)16(23)20-5-3-11(9-20)18-4-6-21/h1-2,7-8,11,18,21H,3-6,9H2,(H,19,22). The smallest absolute Gasteiger partial charge is 0.254 e. The number of fused-ring (bicyclic) bond motifs is 1. The fourth-order valence-corrected chi connectivity index (χ4v) is 2.95. The Balaban J connectivity index is 1.89. The van der Waals surface area contributed by atoms with Gasteiger partial charge in [0.05, 0.1) is 12.2 Å². The Labute approximate surface area is 131 Å². The Morgan fingerprint density at radius 3 is 3.04 bits per heavy atom. The molecule has 0 bridgehead atoms. The van der Waals surface area contributed by atoms with Gasteiger partial charge in [-0.2, -0.15) is 0 Å². The first-order valence-electron chi connectivity index (χ1n) is 7.54. The van der Waals surface area contributed by atoms with Crippen molar-refractivity contribution >= 4 is 16.8 Å². The van der Waals surface area contributed by atoms with Crippen LogP contribution in [0.5, 0.6) is 0 Å². The van der Waals surface area contributed by atoms with Gasteiger partial charge in [0.15, 0.2) is 0 Å². The topological polar surface area (TPSA) is 85.4 Å². The highest BCUT2D eigenvalue weighted by Crippen LogP contribution is 2.20. The number of nitrogens with zero attached hydrogens (tertiary/aromatic N) is 1. The first-order chi connectivity index (χ1) is 11.1. The van der Waals surface area contributed by atoms with Crippen LogP contribution in [0, 0.1) is 5.82 Å². The molecule has 1 aromatic heterocycles. The van der Waals surface area contributed by atoms with Crippen LogP contribution in [0.3, 0.4) is 0 Å². The van der Waals surface area contributed by atoms with Crippen molar-refractivity contribution < 1.29 is 14.3 Å². The summed E-state index contributed by atoms with van der Waals surface area (Å²) in [5.74, 6) is -0.734. The van der Waals surface area contributed by atoms with E-state index in [0.717, 1.165) is 6.42 Å². The predicted molar refractivity (Wildman–Crippen MR) is 83.9 cm³/mol. The highest BCUT2D eigenvalue weighted by molar-refractivity contribution is 6.06. The summed E-state index contributed by atoms with van der Waals surface area (Å²) >= 11 is 0. The number of amides is 1. The first-order valence-corrected chi connectivity index (χ1v) is 7.54. The second kappa shape index (κ2) is 6.47. The first kappa shape index (κ1) is 15.6. The lowest BCUT2D eigenvalue weighted by atomic mass is 10.1. The molecule has 1 unspecified atom stereocenters. The summed E-state index contributed by atoms with van der Waals surface area (Å²) in [7, 11) is 0. The fourth-order valence-electron chi connectivity index (χ4n) is 2.95. The van der Waals surface area contributed by atoms with Crippen LogP contribution in [-0.2, 0) is 0 Å². The second-order valence-electron chi connectivity index (χ2n) is 5.65. The van der Waals surface area contributed by atoms with E-state index in [1.807, 2.05) is 0 Å². The number of carbonyl (C=O) groups excluding carboxylic acids is 1. The number of rotatable bonds is 4. The Kier molecular flexibility index (Phi) is 4.40. The van der Waals surface area contributed by atoms with E-state index in [4.69, 9.17) is 5.11 Å². The Morgan fingerprint density at radius 2 is 2.26 bits per heavy atom. The average Bonchev–Trinajstić information content (AvgIpc) is 3.00. The van der Waals surface area contributed by atoms with E-state index in [1.54, 1.807) is 4.90 Å². The van der Waals surface area contributed by atoms with Gasteiger partial charge in [-0.1, -0.05) is 0 Å². The minimum Gasteiger partial charge on any atom is -0.395 e. The fraction of sp³-hybridized carbons (Fsp3) is 0.375. The van der Waals surface area contributed by atoms with Crippen molar-refractivity contribution in [2.45, 2.75) is 12.5 Å². The quantitative estimate of drug-likeness (QED) is 0.764. The maximum atomic E-state index is 13.5. The van der Waals surface area contributed by atoms with Crippen molar-refractivity contribution in [1.29, 1.82) is 0 Å². The molecular weight excluding hydrogens is 301 g/mol. The van der Waals surface area contributed by atoms with Crippen LogP contribution in [0.1, 0.15) is 16.8 Å². The number of pyridine rings is 1. The molecule has 0 radical (unpaired) electrons. The molecule has 3 rings (SSSR count). The molecule has 0 spiro atoms. The molecule has 7 heteroatoms. The zero-order chi connectivity index (χ0) is 16.4. The van der Waals surface area contributed by atoms with Gasteiger partial charge in [-0.3, -0.25) is 9.59 Å². The van der Waals surface area contributed by atoms with Gasteiger partial charge in [0.25, 0.3) is 5.91 Å². The van der Waals surface area contributed by atoms with E-state index in [9.17, 15) is 14.0 Å². The third-order valence-electron chi connectivity index (χ3n) is 4.06. The van der Waals surface area contributed by atoms with Crippen molar-refractivity contribution in [3.63, 3.8) is 0 Å². The van der Waals surface area contributed by atoms with Crippen molar-refractivity contribution in [2.75, 3.05) is 26.2 Å². The van der Waals surface area contributed by atoms with Gasteiger partial charge < -0.3 is 20.3 Å². The van der Waals surface area contributed by atoms with Crippen LogP contribution >= 0.6 is 0 Å². The number of aromatic amines is 1. The number of aromatic nitrogens is 1. The highest BCUT2D eigenvalue weighted by Gasteiger charge is 2.27. The number of benzene rings is 1. The summed E-state index contributed by atoms with van der Waals surface area (Å²) in [6.45, 7) is 1.59. The summed E-state index contributed by atoms with van der Waals surface area (Å²) in [6, 6.07) is 5.31. The summed E-state index contributed by atoms with van der Waals surface area (Å²) in [5, 5.41) is 12.4. The molecule has 23 heavy (non-hydrogen) atoms. The number of halogens is 1. The number of H-pyrrole nitrogens is 1. The maximum absolute atomic E-state index is 13.5. The SMILES string of the molecule is O=C(c1cc(=O)[nH]c2ccc(F)cc12)N1CCC(NCCO)C1. The van der Waals surface area contributed by atoms with E-state index < -0.39 is 5.82 Å². The van der Waals surface area contributed by atoms with E-state index in [-0.39, 0.29) is 29.7 Å². The van der Waals surface area contributed by atoms with E-state index in [1.165, 1.54) is 24.3 Å². The van der Waals surface area contributed by atoms with Crippen LogP contribution in [0.15, 0.2) is 29.1 Å². The van der Waals surface area contributed by atoms with Gasteiger partial charge in [0.1, 0.15) is 5.82 Å². The molecule has 0 aliphatic carbocycles. The number of hydrogen-bond donors (Lipinski definition) is 3. The third-order valence-corrected chi connectivity index (χ3v) is 4.06. The van der Waals surface area contributed by atoms with Gasteiger partial charge in [-0.15, -0.1) is 0 Å². The maximum Gasteiger partial charge on any atom is 0.254 e. The highest BCUT2D eigenvalue weighted by atomic mass is 19.1.